The molecule has 0 N–H and O–H groups in total. The first kappa shape index (κ1) is 17.1. The Kier molecular flexibility index (Phi) is 4.31. The molecular weight excluding hydrogens is 336 g/mol. The highest BCUT2D eigenvalue weighted by Crippen LogP contribution is 2.42. The Hall–Kier alpha value is -2.07. The SMILES string of the molecule is O=C1N(CC2CC2)CCCC12CCN(Cc1ccccc1-c1ccco1)C2. The van der Waals surface area contributed by atoms with Crippen molar-refractivity contribution in [1.29, 1.82) is 0 Å². The minimum absolute atomic E-state index is 0.132. The second kappa shape index (κ2) is 6.83. The van der Waals surface area contributed by atoms with Crippen molar-refractivity contribution in [2.45, 2.75) is 38.6 Å². The Morgan fingerprint density at radius 1 is 1.07 bits per heavy atom. The van der Waals surface area contributed by atoms with Crippen molar-refractivity contribution >= 4 is 5.91 Å². The van der Waals surface area contributed by atoms with E-state index in [9.17, 15) is 4.79 Å². The first-order chi connectivity index (χ1) is 13.2. The second-order valence-corrected chi connectivity index (χ2v) is 8.67. The highest BCUT2D eigenvalue weighted by Gasteiger charge is 2.48. The molecule has 2 aliphatic heterocycles. The number of piperidine rings is 1. The fourth-order valence-electron chi connectivity index (χ4n) is 4.98. The van der Waals surface area contributed by atoms with E-state index in [1.54, 1.807) is 6.26 Å². The molecule has 142 valence electrons. The van der Waals surface area contributed by atoms with E-state index in [1.165, 1.54) is 18.4 Å². The maximum atomic E-state index is 13.2. The summed E-state index contributed by atoms with van der Waals surface area (Å²) < 4.78 is 5.63. The molecule has 1 unspecified atom stereocenters. The lowest BCUT2D eigenvalue weighted by Crippen LogP contribution is -2.50. The third-order valence-electron chi connectivity index (χ3n) is 6.63. The van der Waals surface area contributed by atoms with Crippen LogP contribution in [0.25, 0.3) is 11.3 Å². The summed E-state index contributed by atoms with van der Waals surface area (Å²) in [7, 11) is 0. The van der Waals surface area contributed by atoms with Crippen LogP contribution in [-0.2, 0) is 11.3 Å². The van der Waals surface area contributed by atoms with Crippen molar-refractivity contribution in [3.63, 3.8) is 0 Å². The maximum Gasteiger partial charge on any atom is 0.230 e. The van der Waals surface area contributed by atoms with Crippen LogP contribution in [0.1, 0.15) is 37.7 Å². The largest absolute Gasteiger partial charge is 0.464 e. The monoisotopic (exact) mass is 364 g/mol. The smallest absolute Gasteiger partial charge is 0.230 e. The minimum atomic E-state index is -0.132. The number of rotatable bonds is 5. The number of amides is 1. The number of likely N-dealkylation sites (tertiary alicyclic amines) is 2. The first-order valence-electron chi connectivity index (χ1n) is 10.4. The molecule has 1 atom stereocenters. The summed E-state index contributed by atoms with van der Waals surface area (Å²) in [6, 6.07) is 12.4. The highest BCUT2D eigenvalue weighted by molar-refractivity contribution is 5.84. The molecule has 2 aromatic rings. The molecule has 2 saturated heterocycles. The molecular formula is C23H28N2O2. The van der Waals surface area contributed by atoms with Crippen LogP contribution in [0.5, 0.6) is 0 Å². The van der Waals surface area contributed by atoms with Crippen molar-refractivity contribution in [2.24, 2.45) is 11.3 Å². The molecule has 1 aromatic carbocycles. The summed E-state index contributed by atoms with van der Waals surface area (Å²) in [5.41, 5.74) is 2.31. The van der Waals surface area contributed by atoms with Crippen LogP contribution in [0.2, 0.25) is 0 Å². The van der Waals surface area contributed by atoms with E-state index in [1.807, 2.05) is 12.1 Å². The second-order valence-electron chi connectivity index (χ2n) is 8.67. The van der Waals surface area contributed by atoms with Gasteiger partial charge in [-0.05, 0) is 62.3 Å². The van der Waals surface area contributed by atoms with Gasteiger partial charge in [0.2, 0.25) is 5.91 Å². The van der Waals surface area contributed by atoms with E-state index in [4.69, 9.17) is 4.42 Å². The summed E-state index contributed by atoms with van der Waals surface area (Å²) >= 11 is 0. The predicted molar refractivity (Wildman–Crippen MR) is 105 cm³/mol. The van der Waals surface area contributed by atoms with Gasteiger partial charge in [-0.25, -0.2) is 0 Å². The van der Waals surface area contributed by atoms with Crippen LogP contribution >= 0.6 is 0 Å². The molecule has 5 rings (SSSR count). The Bertz CT molecular complexity index is 812. The van der Waals surface area contributed by atoms with E-state index in [-0.39, 0.29) is 5.41 Å². The number of benzene rings is 1. The number of carbonyl (C=O) groups is 1. The quantitative estimate of drug-likeness (QED) is 0.799. The standard InChI is InChI=1S/C23H28N2O2/c26-22-23(10-4-12-25(22)15-18-8-9-18)11-13-24(17-23)16-19-5-1-2-6-20(19)21-7-3-14-27-21/h1-3,5-7,14,18H,4,8-13,15-17H2. The molecule has 1 amide bonds. The van der Waals surface area contributed by atoms with Gasteiger partial charge in [0.1, 0.15) is 5.76 Å². The lowest BCUT2D eigenvalue weighted by molar-refractivity contribution is -0.145. The number of carbonyl (C=O) groups excluding carboxylic acids is 1. The van der Waals surface area contributed by atoms with Gasteiger partial charge >= 0.3 is 0 Å². The maximum absolute atomic E-state index is 13.2. The normalized spacial score (nSPS) is 26.2. The van der Waals surface area contributed by atoms with Crippen LogP contribution in [0.15, 0.2) is 47.1 Å². The van der Waals surface area contributed by atoms with E-state index < -0.39 is 0 Å². The topological polar surface area (TPSA) is 36.7 Å². The zero-order chi connectivity index (χ0) is 18.3. The Morgan fingerprint density at radius 2 is 1.96 bits per heavy atom. The molecule has 0 radical (unpaired) electrons. The average molecular weight is 364 g/mol. The van der Waals surface area contributed by atoms with Crippen molar-refractivity contribution in [1.82, 2.24) is 9.80 Å². The molecule has 27 heavy (non-hydrogen) atoms. The lowest BCUT2D eigenvalue weighted by atomic mass is 9.78. The highest BCUT2D eigenvalue weighted by atomic mass is 16.3. The van der Waals surface area contributed by atoms with Crippen LogP contribution in [0.4, 0.5) is 0 Å². The molecule has 1 saturated carbocycles. The molecule has 4 nitrogen and oxygen atoms in total. The Labute approximate surface area is 161 Å². The molecule has 3 heterocycles. The Morgan fingerprint density at radius 3 is 2.78 bits per heavy atom. The van der Waals surface area contributed by atoms with E-state index in [0.29, 0.717) is 5.91 Å². The molecule has 1 aromatic heterocycles. The lowest BCUT2D eigenvalue weighted by Gasteiger charge is -2.39. The van der Waals surface area contributed by atoms with Crippen LogP contribution in [-0.4, -0.2) is 41.9 Å². The molecule has 1 spiro atoms. The van der Waals surface area contributed by atoms with Gasteiger partial charge in [-0.2, -0.15) is 0 Å². The Balaban J connectivity index is 1.31. The van der Waals surface area contributed by atoms with E-state index >= 15 is 0 Å². The van der Waals surface area contributed by atoms with Gasteiger partial charge in [-0.1, -0.05) is 24.3 Å². The third-order valence-corrected chi connectivity index (χ3v) is 6.63. The zero-order valence-corrected chi connectivity index (χ0v) is 15.9. The van der Waals surface area contributed by atoms with Crippen LogP contribution < -0.4 is 0 Å². The van der Waals surface area contributed by atoms with Gasteiger partial charge in [0, 0.05) is 31.7 Å². The fraction of sp³-hybridized carbons (Fsp3) is 0.522. The summed E-state index contributed by atoms with van der Waals surface area (Å²) in [6.07, 6.45) is 7.58. The summed E-state index contributed by atoms with van der Waals surface area (Å²) in [4.78, 5) is 17.9. The van der Waals surface area contributed by atoms with Gasteiger partial charge in [0.25, 0.3) is 0 Å². The number of furan rings is 1. The van der Waals surface area contributed by atoms with Gasteiger partial charge in [-0.3, -0.25) is 9.69 Å². The molecule has 0 bridgehead atoms. The molecule has 3 fully saturated rings. The van der Waals surface area contributed by atoms with Gasteiger partial charge < -0.3 is 9.32 Å². The number of nitrogens with zero attached hydrogens (tertiary/aromatic N) is 2. The van der Waals surface area contributed by atoms with Crippen LogP contribution in [0, 0.1) is 11.3 Å². The van der Waals surface area contributed by atoms with E-state index in [0.717, 1.165) is 69.2 Å². The first-order valence-corrected chi connectivity index (χ1v) is 10.4. The van der Waals surface area contributed by atoms with Gasteiger partial charge in [0.05, 0.1) is 11.7 Å². The van der Waals surface area contributed by atoms with Gasteiger partial charge in [0.15, 0.2) is 0 Å². The molecule has 1 aliphatic carbocycles. The van der Waals surface area contributed by atoms with Crippen molar-refractivity contribution < 1.29 is 9.21 Å². The zero-order valence-electron chi connectivity index (χ0n) is 15.9. The van der Waals surface area contributed by atoms with Crippen molar-refractivity contribution in [3.05, 3.63) is 48.2 Å². The van der Waals surface area contributed by atoms with Crippen molar-refractivity contribution in [3.8, 4) is 11.3 Å². The number of hydrogen-bond donors (Lipinski definition) is 0. The molecule has 3 aliphatic rings. The number of hydrogen-bond acceptors (Lipinski definition) is 3. The fourth-order valence-corrected chi connectivity index (χ4v) is 4.98. The van der Waals surface area contributed by atoms with E-state index in [2.05, 4.69) is 34.1 Å². The average Bonchev–Trinajstić information content (AvgIpc) is 3.17. The molecule has 4 heteroatoms. The van der Waals surface area contributed by atoms with Gasteiger partial charge in [-0.15, -0.1) is 0 Å². The third kappa shape index (κ3) is 3.31. The van der Waals surface area contributed by atoms with Crippen LogP contribution in [0.3, 0.4) is 0 Å². The summed E-state index contributed by atoms with van der Waals surface area (Å²) in [5, 5.41) is 0. The predicted octanol–water partition coefficient (Wildman–Crippen LogP) is 4.17. The minimum Gasteiger partial charge on any atom is -0.464 e. The van der Waals surface area contributed by atoms with Crippen molar-refractivity contribution in [2.75, 3.05) is 26.2 Å². The summed E-state index contributed by atoms with van der Waals surface area (Å²) in [5.74, 6) is 2.13. The summed E-state index contributed by atoms with van der Waals surface area (Å²) in [6.45, 7) is 4.77.